The summed E-state index contributed by atoms with van der Waals surface area (Å²) in [4.78, 5) is 12.5. The van der Waals surface area contributed by atoms with Crippen molar-refractivity contribution in [1.29, 1.82) is 5.26 Å². The highest BCUT2D eigenvalue weighted by Crippen LogP contribution is 2.27. The van der Waals surface area contributed by atoms with Crippen LogP contribution in [-0.2, 0) is 5.41 Å². The molecule has 1 aliphatic heterocycles. The van der Waals surface area contributed by atoms with Gasteiger partial charge in [-0.15, -0.1) is 0 Å². The van der Waals surface area contributed by atoms with Crippen molar-refractivity contribution in [2.75, 3.05) is 11.4 Å². The van der Waals surface area contributed by atoms with E-state index in [2.05, 4.69) is 16.5 Å². The van der Waals surface area contributed by atoms with Crippen LogP contribution in [0.4, 0.5) is 10.6 Å². The maximum Gasteiger partial charge on any atom is 0.325 e. The fraction of sp³-hybridized carbons (Fsp3) is 0.500. The number of carbonyl (C=O) groups excluding carboxylic acids is 1. The van der Waals surface area contributed by atoms with Crippen molar-refractivity contribution in [2.24, 2.45) is 0 Å². The molecule has 0 radical (unpaired) electrons. The summed E-state index contributed by atoms with van der Waals surface area (Å²) in [6.07, 6.45) is -0.967. The average molecular weight is 236 g/mol. The van der Waals surface area contributed by atoms with Gasteiger partial charge in [0.1, 0.15) is 5.41 Å². The van der Waals surface area contributed by atoms with Crippen molar-refractivity contribution in [2.45, 2.75) is 25.5 Å². The number of rotatable bonds is 2. The molecule has 1 saturated heterocycles. The SMILES string of the molecule is CC(C)(C#N)c1cc(N2C(=O)NCC2O)no1. The van der Waals surface area contributed by atoms with E-state index in [1.165, 1.54) is 6.07 Å². The van der Waals surface area contributed by atoms with Gasteiger partial charge in [-0.1, -0.05) is 5.16 Å². The number of amides is 2. The quantitative estimate of drug-likeness (QED) is 0.770. The first-order valence-electron chi connectivity index (χ1n) is 5.09. The van der Waals surface area contributed by atoms with Crippen molar-refractivity contribution < 1.29 is 14.4 Å². The number of aliphatic hydroxyl groups excluding tert-OH is 1. The largest absolute Gasteiger partial charge is 0.371 e. The molecule has 2 rings (SSSR count). The minimum atomic E-state index is -0.967. The third kappa shape index (κ3) is 1.83. The summed E-state index contributed by atoms with van der Waals surface area (Å²) < 4.78 is 5.02. The lowest BCUT2D eigenvalue weighted by Crippen LogP contribution is -2.34. The van der Waals surface area contributed by atoms with Crippen LogP contribution in [-0.4, -0.2) is 29.1 Å². The maximum atomic E-state index is 11.4. The first-order valence-corrected chi connectivity index (χ1v) is 5.09. The second kappa shape index (κ2) is 3.75. The topological polar surface area (TPSA) is 102 Å². The van der Waals surface area contributed by atoms with Crippen LogP contribution in [0.15, 0.2) is 10.6 Å². The maximum absolute atomic E-state index is 11.4. The number of carbonyl (C=O) groups is 1. The van der Waals surface area contributed by atoms with Crippen molar-refractivity contribution in [3.63, 3.8) is 0 Å². The Bertz CT molecular complexity index is 488. The van der Waals surface area contributed by atoms with Gasteiger partial charge in [0, 0.05) is 6.07 Å². The molecule has 1 aliphatic rings. The lowest BCUT2D eigenvalue weighted by atomic mass is 9.92. The molecule has 1 aromatic heterocycles. The van der Waals surface area contributed by atoms with E-state index in [1.807, 2.05) is 0 Å². The molecule has 0 bridgehead atoms. The summed E-state index contributed by atoms with van der Waals surface area (Å²) in [7, 11) is 0. The number of nitriles is 1. The standard InChI is InChI=1S/C10H12N4O3/c1-10(2,5-11)6-3-7(13-17-6)14-8(15)4-12-9(14)16/h3,8,15H,4H2,1-2H3,(H,12,16). The number of aliphatic hydroxyl groups is 1. The highest BCUT2D eigenvalue weighted by Gasteiger charge is 2.34. The van der Waals surface area contributed by atoms with Crippen LogP contribution < -0.4 is 10.2 Å². The van der Waals surface area contributed by atoms with Gasteiger partial charge in [0.15, 0.2) is 17.8 Å². The molecular weight excluding hydrogens is 224 g/mol. The van der Waals surface area contributed by atoms with Gasteiger partial charge in [0.2, 0.25) is 0 Å². The molecule has 1 unspecified atom stereocenters. The number of anilines is 1. The second-order valence-corrected chi connectivity index (χ2v) is 4.32. The van der Waals surface area contributed by atoms with Crippen molar-refractivity contribution in [1.82, 2.24) is 10.5 Å². The molecule has 7 nitrogen and oxygen atoms in total. The lowest BCUT2D eigenvalue weighted by molar-refractivity contribution is 0.194. The minimum absolute atomic E-state index is 0.142. The zero-order chi connectivity index (χ0) is 12.6. The third-order valence-corrected chi connectivity index (χ3v) is 2.59. The number of aromatic nitrogens is 1. The molecule has 2 amide bonds. The summed E-state index contributed by atoms with van der Waals surface area (Å²) in [5.74, 6) is 0.549. The van der Waals surface area contributed by atoms with Crippen molar-refractivity contribution >= 4 is 11.8 Å². The molecule has 0 spiro atoms. The Balaban J connectivity index is 2.31. The summed E-state index contributed by atoms with van der Waals surface area (Å²) in [5, 5.41) is 24.7. The van der Waals surface area contributed by atoms with Gasteiger partial charge in [-0.2, -0.15) is 5.26 Å². The van der Waals surface area contributed by atoms with Crippen molar-refractivity contribution in [3.8, 4) is 6.07 Å². The van der Waals surface area contributed by atoms with E-state index in [1.54, 1.807) is 13.8 Å². The Labute approximate surface area is 97.6 Å². The van der Waals surface area contributed by atoms with E-state index in [0.29, 0.717) is 5.76 Å². The molecule has 17 heavy (non-hydrogen) atoms. The Morgan fingerprint density at radius 1 is 1.76 bits per heavy atom. The van der Waals surface area contributed by atoms with E-state index in [0.717, 1.165) is 4.90 Å². The molecule has 1 atom stereocenters. The summed E-state index contributed by atoms with van der Waals surface area (Å²) in [6.45, 7) is 3.50. The van der Waals surface area contributed by atoms with E-state index in [9.17, 15) is 9.90 Å². The van der Waals surface area contributed by atoms with Crippen molar-refractivity contribution in [3.05, 3.63) is 11.8 Å². The number of nitrogens with zero attached hydrogens (tertiary/aromatic N) is 3. The normalized spacial score (nSPS) is 20.2. The highest BCUT2D eigenvalue weighted by atomic mass is 16.5. The van der Waals surface area contributed by atoms with E-state index >= 15 is 0 Å². The molecule has 2 heterocycles. The zero-order valence-electron chi connectivity index (χ0n) is 9.47. The van der Waals surface area contributed by atoms with E-state index in [-0.39, 0.29) is 12.4 Å². The minimum Gasteiger partial charge on any atom is -0.371 e. The van der Waals surface area contributed by atoms with Crippen LogP contribution in [0.5, 0.6) is 0 Å². The van der Waals surface area contributed by atoms with Crippen LogP contribution in [0, 0.1) is 11.3 Å². The Morgan fingerprint density at radius 3 is 3.00 bits per heavy atom. The molecule has 90 valence electrons. The molecule has 1 aromatic rings. The van der Waals surface area contributed by atoms with Gasteiger partial charge in [-0.05, 0) is 13.8 Å². The van der Waals surface area contributed by atoms with Gasteiger partial charge in [-0.3, -0.25) is 0 Å². The summed E-state index contributed by atoms with van der Waals surface area (Å²) in [5.41, 5.74) is -0.827. The second-order valence-electron chi connectivity index (χ2n) is 4.32. The van der Waals surface area contributed by atoms with Gasteiger partial charge in [0.25, 0.3) is 0 Å². The number of β-amino-alcohol motifs (C(OH)–C–C–N with tert-alkyl or cyclic N) is 1. The number of hydrogen-bond donors (Lipinski definition) is 2. The predicted molar refractivity (Wildman–Crippen MR) is 57.0 cm³/mol. The molecule has 0 saturated carbocycles. The van der Waals surface area contributed by atoms with Gasteiger partial charge < -0.3 is 14.9 Å². The molecule has 7 heteroatoms. The van der Waals surface area contributed by atoms with Crippen LogP contribution in [0.2, 0.25) is 0 Å². The Morgan fingerprint density at radius 2 is 2.47 bits per heavy atom. The average Bonchev–Trinajstić information content (AvgIpc) is 2.86. The number of urea groups is 1. The Kier molecular flexibility index (Phi) is 2.52. The van der Waals surface area contributed by atoms with Gasteiger partial charge >= 0.3 is 6.03 Å². The first kappa shape index (κ1) is 11.4. The summed E-state index contributed by atoms with van der Waals surface area (Å²) in [6, 6.07) is 3.11. The fourth-order valence-electron chi connectivity index (χ4n) is 1.48. The Hall–Kier alpha value is -2.07. The van der Waals surface area contributed by atoms with Crippen LogP contribution >= 0.6 is 0 Å². The van der Waals surface area contributed by atoms with E-state index < -0.39 is 17.7 Å². The summed E-state index contributed by atoms with van der Waals surface area (Å²) >= 11 is 0. The van der Waals surface area contributed by atoms with Crippen LogP contribution in [0.25, 0.3) is 0 Å². The highest BCUT2D eigenvalue weighted by molar-refractivity contribution is 5.93. The van der Waals surface area contributed by atoms with Crippen LogP contribution in [0.1, 0.15) is 19.6 Å². The molecule has 0 aliphatic carbocycles. The first-order chi connectivity index (χ1) is 7.95. The van der Waals surface area contributed by atoms with Crippen LogP contribution in [0.3, 0.4) is 0 Å². The predicted octanol–water partition coefficient (Wildman–Crippen LogP) is 0.324. The van der Waals surface area contributed by atoms with Gasteiger partial charge in [-0.25, -0.2) is 9.69 Å². The fourth-order valence-corrected chi connectivity index (χ4v) is 1.48. The number of hydrogen-bond acceptors (Lipinski definition) is 5. The monoisotopic (exact) mass is 236 g/mol. The molecule has 0 aromatic carbocycles. The van der Waals surface area contributed by atoms with Gasteiger partial charge in [0.05, 0.1) is 12.6 Å². The zero-order valence-corrected chi connectivity index (χ0v) is 9.47. The third-order valence-electron chi connectivity index (χ3n) is 2.59. The van der Waals surface area contributed by atoms with E-state index in [4.69, 9.17) is 9.78 Å². The molecule has 1 fully saturated rings. The lowest BCUT2D eigenvalue weighted by Gasteiger charge is -2.14. The molecule has 2 N–H and O–H groups in total. The smallest absolute Gasteiger partial charge is 0.325 e. The number of nitrogens with one attached hydrogen (secondary N) is 1. The molecular formula is C10H12N4O3.